The van der Waals surface area contributed by atoms with Gasteiger partial charge in [0.15, 0.2) is 0 Å². The van der Waals surface area contributed by atoms with Gasteiger partial charge >= 0.3 is 0 Å². The molecule has 1 aromatic rings. The number of carbonyl (C=O) groups is 1. The number of hydrogen-bond acceptors (Lipinski definition) is 4. The standard InChI is InChI=1S/C15H21N3O2S/c1-15(2,14(16)21)18-9-7-17(8-10-18)13(20)11-5-3-4-6-12(11)19/h3-6,19H,7-10H2,1-2H3,(H2,16,21). The van der Waals surface area contributed by atoms with E-state index in [0.717, 1.165) is 0 Å². The first kappa shape index (κ1) is 15.7. The third-order valence-corrected chi connectivity index (χ3v) is 4.59. The molecule has 1 aliphatic heterocycles. The van der Waals surface area contributed by atoms with Crippen LogP contribution in [0, 0.1) is 0 Å². The van der Waals surface area contributed by atoms with Crippen molar-refractivity contribution in [2.24, 2.45) is 5.73 Å². The van der Waals surface area contributed by atoms with Crippen LogP contribution in [0.5, 0.6) is 5.75 Å². The monoisotopic (exact) mass is 307 g/mol. The molecule has 0 saturated carbocycles. The Bertz CT molecular complexity index is 552. The highest BCUT2D eigenvalue weighted by Crippen LogP contribution is 2.21. The summed E-state index contributed by atoms with van der Waals surface area (Å²) in [5.41, 5.74) is 5.78. The van der Waals surface area contributed by atoms with Gasteiger partial charge in [-0.15, -0.1) is 0 Å². The van der Waals surface area contributed by atoms with Gasteiger partial charge in [0.1, 0.15) is 5.75 Å². The zero-order valence-corrected chi connectivity index (χ0v) is 13.2. The molecule has 0 radical (unpaired) electrons. The molecule has 0 bridgehead atoms. The zero-order chi connectivity index (χ0) is 15.6. The van der Waals surface area contributed by atoms with Gasteiger partial charge in [-0.2, -0.15) is 0 Å². The van der Waals surface area contributed by atoms with E-state index in [1.807, 2.05) is 13.8 Å². The number of nitrogens with zero attached hydrogens (tertiary/aromatic N) is 2. The second kappa shape index (κ2) is 5.99. The van der Waals surface area contributed by atoms with Crippen LogP contribution in [0.3, 0.4) is 0 Å². The number of phenolic OH excluding ortho intramolecular Hbond substituents is 1. The molecule has 6 heteroatoms. The molecule has 5 nitrogen and oxygen atoms in total. The largest absolute Gasteiger partial charge is 0.507 e. The smallest absolute Gasteiger partial charge is 0.257 e. The highest BCUT2D eigenvalue weighted by atomic mass is 32.1. The van der Waals surface area contributed by atoms with E-state index in [2.05, 4.69) is 4.90 Å². The first-order valence-corrected chi connectivity index (χ1v) is 7.37. The van der Waals surface area contributed by atoms with Crippen LogP contribution >= 0.6 is 12.2 Å². The van der Waals surface area contributed by atoms with E-state index in [4.69, 9.17) is 18.0 Å². The van der Waals surface area contributed by atoms with E-state index in [1.165, 1.54) is 6.07 Å². The van der Waals surface area contributed by atoms with Gasteiger partial charge in [-0.1, -0.05) is 24.4 Å². The van der Waals surface area contributed by atoms with E-state index in [0.29, 0.717) is 36.7 Å². The maximum Gasteiger partial charge on any atom is 0.257 e. The number of rotatable bonds is 3. The van der Waals surface area contributed by atoms with Crippen molar-refractivity contribution < 1.29 is 9.90 Å². The summed E-state index contributed by atoms with van der Waals surface area (Å²) in [4.78, 5) is 16.8. The summed E-state index contributed by atoms with van der Waals surface area (Å²) < 4.78 is 0. The Balaban J connectivity index is 2.03. The minimum absolute atomic E-state index is 0.0217. The lowest BCUT2D eigenvalue weighted by Crippen LogP contribution is -2.59. The third kappa shape index (κ3) is 3.16. The Kier molecular flexibility index (Phi) is 4.49. The Labute approximate surface area is 130 Å². The van der Waals surface area contributed by atoms with Crippen molar-refractivity contribution in [2.75, 3.05) is 26.2 Å². The van der Waals surface area contributed by atoms with Gasteiger partial charge in [0.25, 0.3) is 5.91 Å². The summed E-state index contributed by atoms with van der Waals surface area (Å²) in [6, 6.07) is 6.62. The fourth-order valence-corrected chi connectivity index (χ4v) is 2.58. The summed E-state index contributed by atoms with van der Waals surface area (Å²) >= 11 is 5.11. The lowest BCUT2D eigenvalue weighted by atomic mass is 10.0. The number of amides is 1. The average molecular weight is 307 g/mol. The number of aromatic hydroxyl groups is 1. The third-order valence-electron chi connectivity index (χ3n) is 4.09. The number of thiocarbonyl (C=S) groups is 1. The molecule has 0 unspecified atom stereocenters. The Hall–Kier alpha value is -1.66. The molecule has 114 valence electrons. The topological polar surface area (TPSA) is 69.8 Å². The molecule has 1 amide bonds. The number of para-hydroxylation sites is 1. The van der Waals surface area contributed by atoms with Crippen LogP contribution in [0.25, 0.3) is 0 Å². The Morgan fingerprint density at radius 1 is 1.24 bits per heavy atom. The van der Waals surface area contributed by atoms with Crippen LogP contribution < -0.4 is 5.73 Å². The van der Waals surface area contributed by atoms with Crippen molar-refractivity contribution >= 4 is 23.1 Å². The van der Waals surface area contributed by atoms with Gasteiger partial charge in [-0.25, -0.2) is 0 Å². The predicted octanol–water partition coefficient (Wildman–Crippen LogP) is 1.21. The molecule has 21 heavy (non-hydrogen) atoms. The first-order valence-electron chi connectivity index (χ1n) is 6.96. The normalized spacial score (nSPS) is 16.8. The van der Waals surface area contributed by atoms with Crippen LogP contribution in [0.1, 0.15) is 24.2 Å². The summed E-state index contributed by atoms with van der Waals surface area (Å²) in [5.74, 6) is -0.116. The second-order valence-electron chi connectivity index (χ2n) is 5.72. The van der Waals surface area contributed by atoms with Crippen LogP contribution in [0.4, 0.5) is 0 Å². The lowest BCUT2D eigenvalue weighted by molar-refractivity contribution is 0.0537. The minimum Gasteiger partial charge on any atom is -0.507 e. The number of benzene rings is 1. The van der Waals surface area contributed by atoms with E-state index >= 15 is 0 Å². The molecular formula is C15H21N3O2S. The molecule has 1 aliphatic rings. The number of carbonyl (C=O) groups excluding carboxylic acids is 1. The van der Waals surface area contributed by atoms with Crippen molar-refractivity contribution in [3.63, 3.8) is 0 Å². The quantitative estimate of drug-likeness (QED) is 0.822. The average Bonchev–Trinajstić information content (AvgIpc) is 2.47. The minimum atomic E-state index is -0.348. The molecule has 1 saturated heterocycles. The second-order valence-corrected chi connectivity index (χ2v) is 6.16. The Morgan fingerprint density at radius 2 is 1.81 bits per heavy atom. The van der Waals surface area contributed by atoms with Gasteiger partial charge in [-0.3, -0.25) is 9.69 Å². The first-order chi connectivity index (χ1) is 9.84. The van der Waals surface area contributed by atoms with Gasteiger partial charge in [0.05, 0.1) is 16.1 Å². The van der Waals surface area contributed by atoms with Crippen molar-refractivity contribution in [1.82, 2.24) is 9.80 Å². The molecule has 0 aromatic heterocycles. The summed E-state index contributed by atoms with van der Waals surface area (Å²) in [6.07, 6.45) is 0. The van der Waals surface area contributed by atoms with Crippen molar-refractivity contribution in [1.29, 1.82) is 0 Å². The van der Waals surface area contributed by atoms with Crippen LogP contribution in [0.15, 0.2) is 24.3 Å². The summed E-state index contributed by atoms with van der Waals surface area (Å²) in [7, 11) is 0. The number of piperazine rings is 1. The van der Waals surface area contributed by atoms with Crippen molar-refractivity contribution in [3.05, 3.63) is 29.8 Å². The lowest BCUT2D eigenvalue weighted by Gasteiger charge is -2.43. The van der Waals surface area contributed by atoms with E-state index < -0.39 is 0 Å². The van der Waals surface area contributed by atoms with Crippen molar-refractivity contribution in [3.8, 4) is 5.75 Å². The molecule has 1 aromatic carbocycles. The molecular weight excluding hydrogens is 286 g/mol. The van der Waals surface area contributed by atoms with Crippen LogP contribution in [-0.4, -0.2) is 57.5 Å². The highest BCUT2D eigenvalue weighted by Gasteiger charge is 2.33. The predicted molar refractivity (Wildman–Crippen MR) is 86.4 cm³/mol. The van der Waals surface area contributed by atoms with Gasteiger partial charge in [-0.05, 0) is 26.0 Å². The maximum atomic E-state index is 12.4. The Morgan fingerprint density at radius 3 is 2.33 bits per heavy atom. The van der Waals surface area contributed by atoms with E-state index in [-0.39, 0.29) is 17.2 Å². The molecule has 0 spiro atoms. The zero-order valence-electron chi connectivity index (χ0n) is 12.4. The summed E-state index contributed by atoms with van der Waals surface area (Å²) in [6.45, 7) is 6.61. The highest BCUT2D eigenvalue weighted by molar-refractivity contribution is 7.80. The number of hydrogen-bond donors (Lipinski definition) is 2. The number of nitrogens with two attached hydrogens (primary N) is 1. The SMILES string of the molecule is CC(C)(C(N)=S)N1CCN(C(=O)c2ccccc2O)CC1. The maximum absolute atomic E-state index is 12.4. The van der Waals surface area contributed by atoms with Crippen LogP contribution in [0.2, 0.25) is 0 Å². The van der Waals surface area contributed by atoms with Gasteiger partial charge in [0, 0.05) is 26.2 Å². The van der Waals surface area contributed by atoms with Crippen LogP contribution in [-0.2, 0) is 0 Å². The van der Waals surface area contributed by atoms with Gasteiger partial charge in [0.2, 0.25) is 0 Å². The fraction of sp³-hybridized carbons (Fsp3) is 0.467. The molecule has 3 N–H and O–H groups in total. The molecule has 0 aliphatic carbocycles. The van der Waals surface area contributed by atoms with E-state index in [1.54, 1.807) is 23.1 Å². The molecule has 2 rings (SSSR count). The number of phenols is 1. The molecule has 0 atom stereocenters. The summed E-state index contributed by atoms with van der Waals surface area (Å²) in [5, 5.41) is 9.77. The van der Waals surface area contributed by atoms with Crippen molar-refractivity contribution in [2.45, 2.75) is 19.4 Å². The van der Waals surface area contributed by atoms with E-state index in [9.17, 15) is 9.90 Å². The molecule has 1 fully saturated rings. The van der Waals surface area contributed by atoms with Gasteiger partial charge < -0.3 is 15.7 Å². The fourth-order valence-electron chi connectivity index (χ4n) is 2.45. The molecule has 1 heterocycles.